The minimum absolute atomic E-state index is 0.0639. The number of carbonyl (C=O) groups excluding carboxylic acids is 1. The Morgan fingerprint density at radius 3 is 2.62 bits per heavy atom. The second kappa shape index (κ2) is 6.24. The molecule has 0 bridgehead atoms. The molecule has 2 aromatic carbocycles. The highest BCUT2D eigenvalue weighted by atomic mass is 35.5. The summed E-state index contributed by atoms with van der Waals surface area (Å²) in [4.78, 5) is 12.3. The molecular weight excluding hydrogens is 313 g/mol. The molecule has 2 rings (SSSR count). The van der Waals surface area contributed by atoms with E-state index in [4.69, 9.17) is 27.9 Å². The highest BCUT2D eigenvalue weighted by Crippen LogP contribution is 2.35. The quantitative estimate of drug-likeness (QED) is 0.828. The van der Waals surface area contributed by atoms with Crippen molar-refractivity contribution in [3.8, 4) is 11.5 Å². The van der Waals surface area contributed by atoms with E-state index in [0.717, 1.165) is 5.56 Å². The van der Waals surface area contributed by atoms with E-state index in [0.29, 0.717) is 16.3 Å². The lowest BCUT2D eigenvalue weighted by Crippen LogP contribution is -2.13. The van der Waals surface area contributed by atoms with Crippen molar-refractivity contribution in [3.63, 3.8) is 0 Å². The number of anilines is 1. The van der Waals surface area contributed by atoms with Crippen molar-refractivity contribution >= 4 is 34.8 Å². The molecule has 2 aromatic rings. The van der Waals surface area contributed by atoms with Crippen molar-refractivity contribution in [2.75, 3.05) is 12.4 Å². The predicted molar refractivity (Wildman–Crippen MR) is 83.8 cm³/mol. The van der Waals surface area contributed by atoms with E-state index in [2.05, 4.69) is 5.32 Å². The zero-order valence-electron chi connectivity index (χ0n) is 11.4. The Bertz CT molecular complexity index is 702. The van der Waals surface area contributed by atoms with Crippen molar-refractivity contribution in [1.29, 1.82) is 0 Å². The molecule has 0 atom stereocenters. The number of carbonyl (C=O) groups is 1. The van der Waals surface area contributed by atoms with Crippen molar-refractivity contribution in [2.45, 2.75) is 6.92 Å². The molecule has 1 amide bonds. The summed E-state index contributed by atoms with van der Waals surface area (Å²) in [5.74, 6) is -0.226. The van der Waals surface area contributed by atoms with Gasteiger partial charge in [-0.15, -0.1) is 0 Å². The number of hydrogen-bond acceptors (Lipinski definition) is 3. The number of aryl methyl sites for hydroxylation is 1. The standard InChI is InChI=1S/C15H13Cl2NO3/c1-8-3-4-13(21-2)10(5-8)15(20)18-12-7-9(16)6-11(17)14(12)19/h3-7,19H,1-2H3,(H,18,20). The van der Waals surface area contributed by atoms with Crippen LogP contribution in [0, 0.1) is 6.92 Å². The normalized spacial score (nSPS) is 10.3. The fourth-order valence-corrected chi connectivity index (χ4v) is 2.34. The first kappa shape index (κ1) is 15.5. The van der Waals surface area contributed by atoms with E-state index in [1.807, 2.05) is 13.0 Å². The van der Waals surface area contributed by atoms with E-state index in [1.54, 1.807) is 12.1 Å². The number of amides is 1. The molecule has 2 N–H and O–H groups in total. The van der Waals surface area contributed by atoms with Gasteiger partial charge in [0.15, 0.2) is 5.75 Å². The Morgan fingerprint density at radius 2 is 1.95 bits per heavy atom. The SMILES string of the molecule is COc1ccc(C)cc1C(=O)Nc1cc(Cl)cc(Cl)c1O. The molecule has 0 spiro atoms. The van der Waals surface area contributed by atoms with Crippen molar-refractivity contribution in [3.05, 3.63) is 51.5 Å². The third kappa shape index (κ3) is 3.40. The molecule has 0 aliphatic carbocycles. The number of aromatic hydroxyl groups is 1. The Hall–Kier alpha value is -1.91. The highest BCUT2D eigenvalue weighted by Gasteiger charge is 2.16. The topological polar surface area (TPSA) is 58.6 Å². The number of nitrogens with one attached hydrogen (secondary N) is 1. The first-order valence-electron chi connectivity index (χ1n) is 6.06. The second-order valence-corrected chi connectivity index (χ2v) is 5.29. The molecule has 0 aliphatic rings. The van der Waals surface area contributed by atoms with Gasteiger partial charge < -0.3 is 15.2 Å². The van der Waals surface area contributed by atoms with Crippen LogP contribution in [0.2, 0.25) is 10.0 Å². The summed E-state index contributed by atoms with van der Waals surface area (Å²) < 4.78 is 5.16. The first-order valence-corrected chi connectivity index (χ1v) is 6.82. The van der Waals surface area contributed by atoms with Crippen molar-refractivity contribution in [2.24, 2.45) is 0 Å². The Kier molecular flexibility index (Phi) is 4.60. The average molecular weight is 326 g/mol. The highest BCUT2D eigenvalue weighted by molar-refractivity contribution is 6.36. The molecule has 110 valence electrons. The number of methoxy groups -OCH3 is 1. The molecule has 4 nitrogen and oxygen atoms in total. The van der Waals surface area contributed by atoms with Crippen LogP contribution in [0.1, 0.15) is 15.9 Å². The summed E-state index contributed by atoms with van der Waals surface area (Å²) >= 11 is 11.7. The number of hydrogen-bond donors (Lipinski definition) is 2. The molecule has 0 unspecified atom stereocenters. The molecule has 0 saturated carbocycles. The van der Waals surface area contributed by atoms with Gasteiger partial charge in [-0.2, -0.15) is 0 Å². The fourth-order valence-electron chi connectivity index (χ4n) is 1.85. The molecular formula is C15H13Cl2NO3. The van der Waals surface area contributed by atoms with Crippen molar-refractivity contribution in [1.82, 2.24) is 0 Å². The Balaban J connectivity index is 2.37. The first-order chi connectivity index (χ1) is 9.92. The minimum Gasteiger partial charge on any atom is -0.504 e. The zero-order valence-corrected chi connectivity index (χ0v) is 12.9. The number of halogens is 2. The van der Waals surface area contributed by atoms with Gasteiger partial charge in [0, 0.05) is 5.02 Å². The maximum Gasteiger partial charge on any atom is 0.259 e. The van der Waals surface area contributed by atoms with Gasteiger partial charge in [-0.1, -0.05) is 34.8 Å². The summed E-state index contributed by atoms with van der Waals surface area (Å²) in [5.41, 5.74) is 1.41. The lowest BCUT2D eigenvalue weighted by atomic mass is 10.1. The van der Waals surface area contributed by atoms with E-state index in [-0.39, 0.29) is 16.5 Å². The van der Waals surface area contributed by atoms with Crippen LogP contribution in [0.5, 0.6) is 11.5 Å². The molecule has 0 radical (unpaired) electrons. The number of ether oxygens (including phenoxy) is 1. The molecule has 0 fully saturated rings. The summed E-state index contributed by atoms with van der Waals surface area (Å²) in [5, 5.41) is 12.8. The summed E-state index contributed by atoms with van der Waals surface area (Å²) in [6, 6.07) is 8.04. The summed E-state index contributed by atoms with van der Waals surface area (Å²) in [7, 11) is 1.48. The molecule has 0 saturated heterocycles. The van der Waals surface area contributed by atoms with E-state index < -0.39 is 5.91 Å². The molecule has 0 aliphatic heterocycles. The van der Waals surface area contributed by atoms with Crippen LogP contribution in [-0.2, 0) is 0 Å². The van der Waals surface area contributed by atoms with E-state index >= 15 is 0 Å². The predicted octanol–water partition coefficient (Wildman–Crippen LogP) is 4.27. The maximum atomic E-state index is 12.3. The van der Waals surface area contributed by atoms with Crippen LogP contribution >= 0.6 is 23.2 Å². The van der Waals surface area contributed by atoms with Gasteiger partial charge in [0.2, 0.25) is 0 Å². The molecule has 6 heteroatoms. The van der Waals surface area contributed by atoms with Crippen molar-refractivity contribution < 1.29 is 14.6 Å². The van der Waals surface area contributed by atoms with Crippen LogP contribution in [0.4, 0.5) is 5.69 Å². The maximum absolute atomic E-state index is 12.3. The van der Waals surface area contributed by atoms with Gasteiger partial charge in [-0.05, 0) is 31.2 Å². The van der Waals surface area contributed by atoms with Gasteiger partial charge in [-0.25, -0.2) is 0 Å². The van der Waals surface area contributed by atoms with E-state index in [1.165, 1.54) is 19.2 Å². The monoisotopic (exact) mass is 325 g/mol. The molecule has 0 heterocycles. The van der Waals surface area contributed by atoms with Crippen LogP contribution in [0.15, 0.2) is 30.3 Å². The summed E-state index contributed by atoms with van der Waals surface area (Å²) in [6.07, 6.45) is 0. The van der Waals surface area contributed by atoms with Crippen LogP contribution < -0.4 is 10.1 Å². The number of benzene rings is 2. The van der Waals surface area contributed by atoms with Gasteiger partial charge in [0.1, 0.15) is 5.75 Å². The van der Waals surface area contributed by atoms with Gasteiger partial charge in [-0.3, -0.25) is 4.79 Å². The third-order valence-corrected chi connectivity index (χ3v) is 3.38. The number of phenols is 1. The lowest BCUT2D eigenvalue weighted by molar-refractivity contribution is 0.102. The van der Waals surface area contributed by atoms with Crippen LogP contribution in [-0.4, -0.2) is 18.1 Å². The lowest BCUT2D eigenvalue weighted by Gasteiger charge is -2.12. The molecule has 0 aromatic heterocycles. The number of rotatable bonds is 3. The minimum atomic E-state index is -0.427. The van der Waals surface area contributed by atoms with Gasteiger partial charge >= 0.3 is 0 Å². The Morgan fingerprint density at radius 1 is 1.24 bits per heavy atom. The fraction of sp³-hybridized carbons (Fsp3) is 0.133. The number of phenolic OH excluding ortho intramolecular Hbond substituents is 1. The third-order valence-electron chi connectivity index (χ3n) is 2.88. The van der Waals surface area contributed by atoms with Crippen LogP contribution in [0.25, 0.3) is 0 Å². The molecule has 21 heavy (non-hydrogen) atoms. The smallest absolute Gasteiger partial charge is 0.259 e. The Labute approximate surface area is 132 Å². The summed E-state index contributed by atoms with van der Waals surface area (Å²) in [6.45, 7) is 1.87. The van der Waals surface area contributed by atoms with Gasteiger partial charge in [0.25, 0.3) is 5.91 Å². The van der Waals surface area contributed by atoms with Gasteiger partial charge in [0.05, 0.1) is 23.4 Å². The van der Waals surface area contributed by atoms with Crippen LogP contribution in [0.3, 0.4) is 0 Å². The largest absolute Gasteiger partial charge is 0.504 e. The average Bonchev–Trinajstić information content (AvgIpc) is 2.44. The second-order valence-electron chi connectivity index (χ2n) is 4.44. The zero-order chi connectivity index (χ0) is 15.6. The van der Waals surface area contributed by atoms with E-state index in [9.17, 15) is 9.90 Å².